The lowest BCUT2D eigenvalue weighted by Crippen LogP contribution is -2.22. The molecule has 0 fully saturated rings. The molecule has 3 rings (SSSR count). The van der Waals surface area contributed by atoms with Gasteiger partial charge in [-0.1, -0.05) is 17.4 Å². The Morgan fingerprint density at radius 1 is 1.38 bits per heavy atom. The summed E-state index contributed by atoms with van der Waals surface area (Å²) < 4.78 is 1.49. The third kappa shape index (κ3) is 2.50. The number of carbonyl (C=O) groups excluding carboxylic acids is 1. The third-order valence-electron chi connectivity index (χ3n) is 3.57. The summed E-state index contributed by atoms with van der Waals surface area (Å²) in [7, 11) is 1.67. The largest absolute Gasteiger partial charge is 0.361 e. The first kappa shape index (κ1) is 13.6. The van der Waals surface area contributed by atoms with Gasteiger partial charge in [0.1, 0.15) is 4.88 Å². The fourth-order valence-corrected chi connectivity index (χ4v) is 3.10. The van der Waals surface area contributed by atoms with E-state index in [1.807, 2.05) is 30.5 Å². The van der Waals surface area contributed by atoms with Crippen LogP contribution in [0.25, 0.3) is 10.9 Å². The number of carbonyl (C=O) groups is 1. The van der Waals surface area contributed by atoms with Crippen molar-refractivity contribution in [3.63, 3.8) is 0 Å². The second-order valence-corrected chi connectivity index (χ2v) is 5.89. The fourth-order valence-electron chi connectivity index (χ4n) is 2.20. The van der Waals surface area contributed by atoms with E-state index in [1.54, 1.807) is 14.0 Å². The molecule has 5 nitrogen and oxygen atoms in total. The SMILES string of the molecule is Cc1c(C(=O)NCc2ccc3[nH]ccc3c2)sc(=O)n1C. The zero-order valence-electron chi connectivity index (χ0n) is 11.8. The van der Waals surface area contributed by atoms with Gasteiger partial charge >= 0.3 is 4.87 Å². The molecule has 0 saturated heterocycles. The summed E-state index contributed by atoms with van der Waals surface area (Å²) in [5.41, 5.74) is 2.79. The van der Waals surface area contributed by atoms with E-state index >= 15 is 0 Å². The van der Waals surface area contributed by atoms with E-state index in [2.05, 4.69) is 10.3 Å². The molecule has 0 aliphatic heterocycles. The molecule has 21 heavy (non-hydrogen) atoms. The standard InChI is InChI=1S/C15H15N3O2S/c1-9-13(21-15(20)18(9)2)14(19)17-8-10-3-4-12-11(7-10)5-6-16-12/h3-7,16H,8H2,1-2H3,(H,17,19). The van der Waals surface area contributed by atoms with E-state index in [4.69, 9.17) is 0 Å². The number of benzene rings is 1. The molecule has 0 saturated carbocycles. The number of fused-ring (bicyclic) bond motifs is 1. The zero-order chi connectivity index (χ0) is 15.0. The Kier molecular flexibility index (Phi) is 3.39. The summed E-state index contributed by atoms with van der Waals surface area (Å²) in [5, 5.41) is 3.98. The molecule has 0 spiro atoms. The monoisotopic (exact) mass is 301 g/mol. The Labute approximate surface area is 125 Å². The van der Waals surface area contributed by atoms with Gasteiger partial charge in [-0.05, 0) is 36.1 Å². The lowest BCUT2D eigenvalue weighted by Gasteiger charge is -2.05. The number of rotatable bonds is 3. The summed E-state index contributed by atoms with van der Waals surface area (Å²) in [6.45, 7) is 2.22. The summed E-state index contributed by atoms with van der Waals surface area (Å²) in [5.74, 6) is -0.204. The maximum atomic E-state index is 12.2. The summed E-state index contributed by atoms with van der Waals surface area (Å²) in [6.07, 6.45) is 1.89. The molecule has 2 N–H and O–H groups in total. The molecular weight excluding hydrogens is 286 g/mol. The maximum absolute atomic E-state index is 12.2. The second kappa shape index (κ2) is 5.21. The van der Waals surface area contributed by atoms with Crippen molar-refractivity contribution in [3.05, 3.63) is 56.3 Å². The first-order valence-electron chi connectivity index (χ1n) is 6.57. The molecule has 0 radical (unpaired) electrons. The topological polar surface area (TPSA) is 66.9 Å². The predicted octanol–water partition coefficient (Wildman–Crippen LogP) is 2.17. The van der Waals surface area contributed by atoms with Crippen LogP contribution in [0.2, 0.25) is 0 Å². The third-order valence-corrected chi connectivity index (χ3v) is 4.71. The Balaban J connectivity index is 1.76. The lowest BCUT2D eigenvalue weighted by molar-refractivity contribution is 0.0954. The van der Waals surface area contributed by atoms with Crippen LogP contribution < -0.4 is 10.2 Å². The Bertz CT molecular complexity index is 873. The van der Waals surface area contributed by atoms with Crippen LogP contribution in [-0.2, 0) is 13.6 Å². The average Bonchev–Trinajstić information content (AvgIpc) is 3.04. The number of hydrogen-bond donors (Lipinski definition) is 2. The van der Waals surface area contributed by atoms with Gasteiger partial charge in [-0.3, -0.25) is 9.59 Å². The molecular formula is C15H15N3O2S. The molecule has 0 aliphatic rings. The number of amides is 1. The molecule has 0 bridgehead atoms. The fraction of sp³-hybridized carbons (Fsp3) is 0.200. The summed E-state index contributed by atoms with van der Waals surface area (Å²) in [6, 6.07) is 7.99. The number of nitrogens with one attached hydrogen (secondary N) is 2. The highest BCUT2D eigenvalue weighted by Crippen LogP contribution is 2.15. The van der Waals surface area contributed by atoms with Gasteiger partial charge in [0.25, 0.3) is 5.91 Å². The van der Waals surface area contributed by atoms with Crippen molar-refractivity contribution in [1.82, 2.24) is 14.9 Å². The van der Waals surface area contributed by atoms with Gasteiger partial charge in [0.15, 0.2) is 0 Å². The first-order valence-corrected chi connectivity index (χ1v) is 7.38. The van der Waals surface area contributed by atoms with E-state index in [1.165, 1.54) is 4.57 Å². The van der Waals surface area contributed by atoms with Gasteiger partial charge in [0.05, 0.1) is 0 Å². The molecule has 108 valence electrons. The van der Waals surface area contributed by atoms with Crippen LogP contribution in [0, 0.1) is 6.92 Å². The van der Waals surface area contributed by atoms with Crippen LogP contribution in [0.1, 0.15) is 20.9 Å². The molecule has 2 heterocycles. The van der Waals surface area contributed by atoms with E-state index in [0.717, 1.165) is 27.8 Å². The first-order chi connectivity index (χ1) is 10.1. The highest BCUT2D eigenvalue weighted by atomic mass is 32.1. The van der Waals surface area contributed by atoms with Crippen molar-refractivity contribution in [2.75, 3.05) is 0 Å². The number of thiazole rings is 1. The van der Waals surface area contributed by atoms with Crippen molar-refractivity contribution >= 4 is 28.1 Å². The smallest absolute Gasteiger partial charge is 0.307 e. The van der Waals surface area contributed by atoms with Crippen LogP contribution in [0.5, 0.6) is 0 Å². The van der Waals surface area contributed by atoms with Gasteiger partial charge < -0.3 is 14.9 Å². The van der Waals surface area contributed by atoms with Crippen LogP contribution >= 0.6 is 11.3 Å². The minimum Gasteiger partial charge on any atom is -0.361 e. The van der Waals surface area contributed by atoms with Crippen LogP contribution in [0.15, 0.2) is 35.3 Å². The molecule has 1 amide bonds. The Morgan fingerprint density at radius 2 is 2.19 bits per heavy atom. The van der Waals surface area contributed by atoms with Gasteiger partial charge in [0, 0.05) is 31.0 Å². The van der Waals surface area contributed by atoms with Crippen molar-refractivity contribution in [2.45, 2.75) is 13.5 Å². The van der Waals surface area contributed by atoms with Gasteiger partial charge in [0.2, 0.25) is 0 Å². The molecule has 1 aromatic carbocycles. The van der Waals surface area contributed by atoms with Crippen molar-refractivity contribution in [3.8, 4) is 0 Å². The minimum atomic E-state index is -0.204. The van der Waals surface area contributed by atoms with Gasteiger partial charge in [-0.2, -0.15) is 0 Å². The number of aromatic nitrogens is 2. The van der Waals surface area contributed by atoms with Gasteiger partial charge in [-0.25, -0.2) is 0 Å². The average molecular weight is 301 g/mol. The van der Waals surface area contributed by atoms with Gasteiger partial charge in [-0.15, -0.1) is 0 Å². The van der Waals surface area contributed by atoms with Crippen molar-refractivity contribution in [2.24, 2.45) is 7.05 Å². The molecule has 3 aromatic rings. The minimum absolute atomic E-state index is 0.119. The maximum Gasteiger partial charge on any atom is 0.307 e. The Hall–Kier alpha value is -2.34. The Morgan fingerprint density at radius 3 is 2.90 bits per heavy atom. The number of hydrogen-bond acceptors (Lipinski definition) is 3. The summed E-state index contributed by atoms with van der Waals surface area (Å²) >= 11 is 0.979. The molecule has 0 aliphatic carbocycles. The van der Waals surface area contributed by atoms with E-state index < -0.39 is 0 Å². The molecule has 2 aromatic heterocycles. The van der Waals surface area contributed by atoms with Crippen LogP contribution in [-0.4, -0.2) is 15.5 Å². The number of nitrogens with zero attached hydrogens (tertiary/aromatic N) is 1. The lowest BCUT2D eigenvalue weighted by atomic mass is 10.1. The quantitative estimate of drug-likeness (QED) is 0.778. The van der Waals surface area contributed by atoms with Crippen LogP contribution in [0.3, 0.4) is 0 Å². The predicted molar refractivity (Wildman–Crippen MR) is 83.8 cm³/mol. The number of aromatic amines is 1. The summed E-state index contributed by atoms with van der Waals surface area (Å²) in [4.78, 5) is 27.2. The van der Waals surface area contributed by atoms with Crippen molar-refractivity contribution < 1.29 is 4.79 Å². The van der Waals surface area contributed by atoms with E-state index in [0.29, 0.717) is 17.1 Å². The van der Waals surface area contributed by atoms with E-state index in [-0.39, 0.29) is 10.8 Å². The zero-order valence-corrected chi connectivity index (χ0v) is 12.6. The normalized spacial score (nSPS) is 11.0. The second-order valence-electron chi connectivity index (χ2n) is 4.92. The van der Waals surface area contributed by atoms with Crippen LogP contribution in [0.4, 0.5) is 0 Å². The van der Waals surface area contributed by atoms with Crippen molar-refractivity contribution in [1.29, 1.82) is 0 Å². The number of H-pyrrole nitrogens is 1. The molecule has 0 unspecified atom stereocenters. The molecule has 6 heteroatoms. The molecule has 0 atom stereocenters. The van der Waals surface area contributed by atoms with E-state index in [9.17, 15) is 9.59 Å². The highest BCUT2D eigenvalue weighted by molar-refractivity contribution is 7.11. The highest BCUT2D eigenvalue weighted by Gasteiger charge is 2.15.